The van der Waals surface area contributed by atoms with E-state index in [9.17, 15) is 4.79 Å². The lowest BCUT2D eigenvalue weighted by Crippen LogP contribution is -2.61. The Bertz CT molecular complexity index is 1070. The van der Waals surface area contributed by atoms with Crippen molar-refractivity contribution in [1.82, 2.24) is 9.80 Å². The van der Waals surface area contributed by atoms with E-state index in [1.165, 1.54) is 42.4 Å². The number of hydrogen-bond acceptors (Lipinski definition) is 7. The molecule has 0 unspecified atom stereocenters. The van der Waals surface area contributed by atoms with Gasteiger partial charge in [-0.15, -0.1) is 0 Å². The van der Waals surface area contributed by atoms with Crippen LogP contribution in [-0.4, -0.2) is 67.1 Å². The number of methoxy groups -OCH3 is 1. The van der Waals surface area contributed by atoms with E-state index < -0.39 is 5.41 Å². The molecule has 0 bridgehead atoms. The number of esters is 1. The number of rotatable bonds is 7. The highest BCUT2D eigenvalue weighted by atomic mass is 35.5. The number of halogens is 1. The van der Waals surface area contributed by atoms with Crippen molar-refractivity contribution in [3.05, 3.63) is 27.8 Å². The van der Waals surface area contributed by atoms with Crippen molar-refractivity contribution in [3.63, 3.8) is 0 Å². The molecule has 1 aromatic rings. The van der Waals surface area contributed by atoms with Crippen LogP contribution in [0.3, 0.4) is 0 Å². The third-order valence-electron chi connectivity index (χ3n) is 8.82. The van der Waals surface area contributed by atoms with Gasteiger partial charge >= 0.3 is 5.97 Å². The third-order valence-corrected chi connectivity index (χ3v) is 9.19. The first-order valence-electron chi connectivity index (χ1n) is 13.6. The maximum absolute atomic E-state index is 12.4. The fourth-order valence-corrected chi connectivity index (χ4v) is 6.77. The molecule has 0 N–H and O–H groups in total. The van der Waals surface area contributed by atoms with Gasteiger partial charge in [-0.1, -0.05) is 22.8 Å². The van der Waals surface area contributed by atoms with Crippen LogP contribution in [0.15, 0.2) is 11.2 Å². The van der Waals surface area contributed by atoms with Crippen LogP contribution in [0.25, 0.3) is 0 Å². The molecule has 7 nitrogen and oxygen atoms in total. The molecular weight excluding hydrogens is 478 g/mol. The van der Waals surface area contributed by atoms with Gasteiger partial charge in [0.1, 0.15) is 11.6 Å². The minimum absolute atomic E-state index is 0.0779. The van der Waals surface area contributed by atoms with Crippen LogP contribution in [0.4, 0.5) is 0 Å². The summed E-state index contributed by atoms with van der Waals surface area (Å²) in [5.41, 5.74) is 3.39. The molecule has 0 aromatic heterocycles. The highest BCUT2D eigenvalue weighted by molar-refractivity contribution is 6.33. The van der Waals surface area contributed by atoms with Gasteiger partial charge in [-0.3, -0.25) is 9.69 Å². The van der Waals surface area contributed by atoms with Gasteiger partial charge in [0.25, 0.3) is 0 Å². The van der Waals surface area contributed by atoms with Crippen molar-refractivity contribution in [2.45, 2.75) is 82.8 Å². The standard InChI is InChI=1S/C28H38ClN3O4/c1-4-35-26(33)27(2)9-11-32(12-10-27)22-14-28(36-30-22)16-31(17-28)15-20-13-21(18-5-6-18)23(19-7-8-19)24(29)25(20)34-3/h13,18-19H,4-12,14-17H2,1-3H3. The first kappa shape index (κ1) is 24.4. The molecule has 1 spiro atoms. The van der Waals surface area contributed by atoms with Gasteiger partial charge in [0, 0.05) is 38.3 Å². The van der Waals surface area contributed by atoms with Crippen LogP contribution in [0.2, 0.25) is 5.02 Å². The van der Waals surface area contributed by atoms with Crippen molar-refractivity contribution in [3.8, 4) is 5.75 Å². The molecule has 0 amide bonds. The van der Waals surface area contributed by atoms with E-state index in [2.05, 4.69) is 21.0 Å². The topological polar surface area (TPSA) is 63.6 Å². The number of ether oxygens (including phenoxy) is 2. The Morgan fingerprint density at radius 1 is 1.19 bits per heavy atom. The van der Waals surface area contributed by atoms with E-state index in [1.807, 2.05) is 13.8 Å². The SMILES string of the molecule is CCOC(=O)C1(C)CCN(C2=NOC3(C2)CN(Cc2cc(C4CC4)c(C4CC4)c(Cl)c2OC)C3)CC1. The van der Waals surface area contributed by atoms with Gasteiger partial charge in [0.05, 0.1) is 30.6 Å². The molecule has 36 heavy (non-hydrogen) atoms. The summed E-state index contributed by atoms with van der Waals surface area (Å²) < 4.78 is 11.1. The Balaban J connectivity index is 1.07. The predicted octanol–water partition coefficient (Wildman–Crippen LogP) is 5.06. The lowest BCUT2D eigenvalue weighted by molar-refractivity contribution is -0.156. The van der Waals surface area contributed by atoms with Gasteiger partial charge in [-0.25, -0.2) is 0 Å². The van der Waals surface area contributed by atoms with E-state index in [4.69, 9.17) is 25.9 Å². The van der Waals surface area contributed by atoms with E-state index in [0.29, 0.717) is 18.4 Å². The first-order chi connectivity index (χ1) is 17.3. The number of likely N-dealkylation sites (tertiary alicyclic amines) is 2. The van der Waals surface area contributed by atoms with Crippen molar-refractivity contribution < 1.29 is 19.1 Å². The molecule has 3 aliphatic heterocycles. The van der Waals surface area contributed by atoms with Crippen molar-refractivity contribution in [1.29, 1.82) is 0 Å². The van der Waals surface area contributed by atoms with Crippen LogP contribution in [0.5, 0.6) is 5.75 Å². The number of carbonyl (C=O) groups is 1. The summed E-state index contributed by atoms with van der Waals surface area (Å²) in [4.78, 5) is 23.1. The maximum atomic E-state index is 12.4. The number of piperidine rings is 1. The van der Waals surface area contributed by atoms with Crippen LogP contribution in [0, 0.1) is 5.41 Å². The molecule has 6 rings (SSSR count). The fraction of sp³-hybridized carbons (Fsp3) is 0.714. The number of amidine groups is 1. The van der Waals surface area contributed by atoms with E-state index in [-0.39, 0.29) is 11.6 Å². The Hall–Kier alpha value is -1.99. The van der Waals surface area contributed by atoms with E-state index >= 15 is 0 Å². The number of benzene rings is 1. The number of oxime groups is 1. The molecule has 2 saturated carbocycles. The monoisotopic (exact) mass is 515 g/mol. The average molecular weight is 516 g/mol. The third kappa shape index (κ3) is 4.36. The highest BCUT2D eigenvalue weighted by Gasteiger charge is 2.51. The summed E-state index contributed by atoms with van der Waals surface area (Å²) >= 11 is 6.93. The number of nitrogens with zero attached hydrogens (tertiary/aromatic N) is 3. The number of carbonyl (C=O) groups excluding carboxylic acids is 1. The minimum Gasteiger partial charge on any atom is -0.495 e. The van der Waals surface area contributed by atoms with Crippen LogP contribution in [0.1, 0.15) is 87.3 Å². The van der Waals surface area contributed by atoms with Gasteiger partial charge in [-0.05, 0) is 75.3 Å². The zero-order valence-electron chi connectivity index (χ0n) is 21.8. The van der Waals surface area contributed by atoms with Gasteiger partial charge in [0.2, 0.25) is 0 Å². The fourth-order valence-electron chi connectivity index (χ4n) is 6.31. The first-order valence-corrected chi connectivity index (χ1v) is 14.0. The van der Waals surface area contributed by atoms with Crippen LogP contribution >= 0.6 is 11.6 Å². The second-order valence-electron chi connectivity index (χ2n) is 11.8. The van der Waals surface area contributed by atoms with Crippen molar-refractivity contribution in [2.75, 3.05) is 39.9 Å². The molecule has 3 heterocycles. The Morgan fingerprint density at radius 2 is 1.89 bits per heavy atom. The van der Waals surface area contributed by atoms with E-state index in [1.54, 1.807) is 7.11 Å². The molecule has 1 aromatic carbocycles. The summed E-state index contributed by atoms with van der Waals surface area (Å²) in [6, 6.07) is 2.38. The summed E-state index contributed by atoms with van der Waals surface area (Å²) in [6.07, 6.45) is 7.43. The Labute approximate surface area is 219 Å². The molecule has 0 atom stereocenters. The largest absolute Gasteiger partial charge is 0.495 e. The molecule has 4 fully saturated rings. The second kappa shape index (κ2) is 9.09. The molecule has 196 valence electrons. The highest BCUT2D eigenvalue weighted by Crippen LogP contribution is 2.54. The molecule has 0 radical (unpaired) electrons. The van der Waals surface area contributed by atoms with Gasteiger partial charge in [-0.2, -0.15) is 0 Å². The minimum atomic E-state index is -0.397. The normalized spacial score (nSPS) is 24.8. The summed E-state index contributed by atoms with van der Waals surface area (Å²) in [6.45, 7) is 8.44. The molecule has 5 aliphatic rings. The lowest BCUT2D eigenvalue weighted by Gasteiger charge is -2.46. The number of hydrogen-bond donors (Lipinski definition) is 0. The zero-order chi connectivity index (χ0) is 25.1. The van der Waals surface area contributed by atoms with Crippen molar-refractivity contribution in [2.24, 2.45) is 10.6 Å². The maximum Gasteiger partial charge on any atom is 0.311 e. The quantitative estimate of drug-likeness (QED) is 0.473. The molecule has 2 aliphatic carbocycles. The Kier molecular flexibility index (Phi) is 6.15. The van der Waals surface area contributed by atoms with Gasteiger partial charge < -0.3 is 19.2 Å². The van der Waals surface area contributed by atoms with Gasteiger partial charge in [0.15, 0.2) is 5.60 Å². The predicted molar refractivity (Wildman–Crippen MR) is 139 cm³/mol. The summed E-state index contributed by atoms with van der Waals surface area (Å²) in [7, 11) is 1.74. The van der Waals surface area contributed by atoms with Crippen LogP contribution < -0.4 is 4.74 Å². The summed E-state index contributed by atoms with van der Waals surface area (Å²) in [5.74, 6) is 3.09. The molecule has 2 saturated heterocycles. The molecule has 8 heteroatoms. The van der Waals surface area contributed by atoms with Crippen LogP contribution in [-0.2, 0) is 20.9 Å². The second-order valence-corrected chi connectivity index (χ2v) is 12.2. The lowest BCUT2D eigenvalue weighted by atomic mass is 9.80. The summed E-state index contributed by atoms with van der Waals surface area (Å²) in [5, 5.41) is 5.34. The smallest absolute Gasteiger partial charge is 0.311 e. The van der Waals surface area contributed by atoms with E-state index in [0.717, 1.165) is 68.6 Å². The van der Waals surface area contributed by atoms with Crippen molar-refractivity contribution >= 4 is 23.4 Å². The molecular formula is C28H38ClN3O4. The zero-order valence-corrected chi connectivity index (χ0v) is 22.5. The average Bonchev–Trinajstić information content (AvgIpc) is 3.77. The Morgan fingerprint density at radius 3 is 2.50 bits per heavy atom.